The fourth-order valence-electron chi connectivity index (χ4n) is 2.92. The highest BCUT2D eigenvalue weighted by Crippen LogP contribution is 2.41. The summed E-state index contributed by atoms with van der Waals surface area (Å²) in [5.41, 5.74) is 1.34. The van der Waals surface area contributed by atoms with E-state index in [0.29, 0.717) is 5.69 Å². The third-order valence-electron chi connectivity index (χ3n) is 4.39. The van der Waals surface area contributed by atoms with Gasteiger partial charge >= 0.3 is 5.97 Å². The number of carboxylic acids is 1. The Hall–Kier alpha value is -2.82. The van der Waals surface area contributed by atoms with Crippen molar-refractivity contribution in [2.24, 2.45) is 0 Å². The molecule has 0 aliphatic carbocycles. The number of benzene rings is 2. The Balaban J connectivity index is 2.54. The fourth-order valence-corrected chi connectivity index (χ4v) is 2.92. The van der Waals surface area contributed by atoms with Crippen LogP contribution in [0.4, 0.5) is 5.69 Å². The molecule has 5 nitrogen and oxygen atoms in total. The van der Waals surface area contributed by atoms with Crippen molar-refractivity contribution in [1.29, 1.82) is 0 Å². The first-order chi connectivity index (χ1) is 12.3. The first-order valence-corrected chi connectivity index (χ1v) is 8.84. The molecule has 0 aliphatic heterocycles. The smallest absolute Gasteiger partial charge is 0.336 e. The van der Waals surface area contributed by atoms with Gasteiger partial charge in [0.2, 0.25) is 0 Å². The van der Waals surface area contributed by atoms with Crippen molar-refractivity contribution in [2.45, 2.75) is 52.4 Å². The van der Waals surface area contributed by atoms with Crippen molar-refractivity contribution in [3.63, 3.8) is 0 Å². The molecule has 2 aromatic rings. The molecule has 2 rings (SSSR count). The number of phenols is 1. The molecule has 0 saturated heterocycles. The van der Waals surface area contributed by atoms with Crippen LogP contribution in [0.2, 0.25) is 0 Å². The van der Waals surface area contributed by atoms with Crippen LogP contribution in [-0.2, 0) is 10.8 Å². The van der Waals surface area contributed by atoms with Gasteiger partial charge in [0.05, 0.1) is 11.1 Å². The summed E-state index contributed by atoms with van der Waals surface area (Å²) in [6.07, 6.45) is 0. The van der Waals surface area contributed by atoms with E-state index in [1.54, 1.807) is 24.3 Å². The van der Waals surface area contributed by atoms with E-state index in [1.807, 2.05) is 41.5 Å². The van der Waals surface area contributed by atoms with E-state index in [2.05, 4.69) is 5.32 Å². The second kappa shape index (κ2) is 7.06. The highest BCUT2D eigenvalue weighted by atomic mass is 16.4. The standard InChI is InChI=1S/C22H27NO4/c1-21(2,3)16-11-13(12-17(18(16)24)22(4,5)6)23-19(25)14-9-7-8-10-15(14)20(26)27/h7-12,24H,1-6H3,(H,23,25)(H,26,27). The molecule has 0 bridgehead atoms. The lowest BCUT2D eigenvalue weighted by Crippen LogP contribution is -2.20. The number of hydrogen-bond acceptors (Lipinski definition) is 3. The molecule has 2 aromatic carbocycles. The zero-order chi connectivity index (χ0) is 20.6. The van der Waals surface area contributed by atoms with Crippen molar-refractivity contribution < 1.29 is 19.8 Å². The molecule has 0 unspecified atom stereocenters. The molecule has 0 heterocycles. The summed E-state index contributed by atoms with van der Waals surface area (Å²) in [6, 6.07) is 9.57. The molecule has 3 N–H and O–H groups in total. The van der Waals surface area contributed by atoms with Crippen molar-refractivity contribution in [3.05, 3.63) is 58.7 Å². The predicted molar refractivity (Wildman–Crippen MR) is 107 cm³/mol. The van der Waals surface area contributed by atoms with Gasteiger partial charge in [-0.3, -0.25) is 4.79 Å². The number of carboxylic acid groups (broad SMARTS) is 1. The average molecular weight is 369 g/mol. The number of phenolic OH excluding ortho intramolecular Hbond substituents is 1. The Morgan fingerprint density at radius 1 is 0.852 bits per heavy atom. The van der Waals surface area contributed by atoms with Crippen LogP contribution < -0.4 is 5.32 Å². The summed E-state index contributed by atoms with van der Waals surface area (Å²) >= 11 is 0. The van der Waals surface area contributed by atoms with E-state index in [0.717, 1.165) is 11.1 Å². The molecule has 144 valence electrons. The number of amides is 1. The van der Waals surface area contributed by atoms with Gasteiger partial charge in [-0.25, -0.2) is 4.79 Å². The van der Waals surface area contributed by atoms with Crippen molar-refractivity contribution in [1.82, 2.24) is 0 Å². The van der Waals surface area contributed by atoms with Crippen molar-refractivity contribution >= 4 is 17.6 Å². The molecule has 0 spiro atoms. The number of aromatic hydroxyl groups is 1. The van der Waals surface area contributed by atoms with E-state index in [4.69, 9.17) is 0 Å². The molecule has 0 saturated carbocycles. The van der Waals surface area contributed by atoms with Crippen LogP contribution in [0.25, 0.3) is 0 Å². The number of anilines is 1. The summed E-state index contributed by atoms with van der Waals surface area (Å²) in [5, 5.41) is 22.9. The molecule has 27 heavy (non-hydrogen) atoms. The summed E-state index contributed by atoms with van der Waals surface area (Å²) in [7, 11) is 0. The number of carbonyl (C=O) groups is 2. The van der Waals surface area contributed by atoms with Gasteiger partial charge in [0.25, 0.3) is 5.91 Å². The summed E-state index contributed by atoms with van der Waals surface area (Å²) < 4.78 is 0. The Morgan fingerprint density at radius 2 is 1.30 bits per heavy atom. The zero-order valence-corrected chi connectivity index (χ0v) is 16.7. The first kappa shape index (κ1) is 20.5. The predicted octanol–water partition coefficient (Wildman–Crippen LogP) is 4.94. The summed E-state index contributed by atoms with van der Waals surface area (Å²) in [5.74, 6) is -1.44. The van der Waals surface area contributed by atoms with Crippen LogP contribution in [0.15, 0.2) is 36.4 Å². The van der Waals surface area contributed by atoms with Gasteiger partial charge in [0, 0.05) is 16.8 Å². The highest BCUT2D eigenvalue weighted by molar-refractivity contribution is 6.10. The quantitative estimate of drug-likeness (QED) is 0.669. The van der Waals surface area contributed by atoms with Crippen LogP contribution in [0.3, 0.4) is 0 Å². The molecular formula is C22H27NO4. The van der Waals surface area contributed by atoms with E-state index < -0.39 is 11.9 Å². The maximum absolute atomic E-state index is 12.7. The Morgan fingerprint density at radius 3 is 1.70 bits per heavy atom. The minimum absolute atomic E-state index is 0.0548. The normalized spacial score (nSPS) is 11.9. The SMILES string of the molecule is CC(C)(C)c1cc(NC(=O)c2ccccc2C(=O)O)cc(C(C)(C)C)c1O. The molecule has 1 amide bonds. The van der Waals surface area contributed by atoms with Gasteiger partial charge < -0.3 is 15.5 Å². The van der Waals surface area contributed by atoms with Crippen LogP contribution in [0, 0.1) is 0 Å². The molecule has 0 aliphatic rings. The van der Waals surface area contributed by atoms with Gasteiger partial charge in [-0.1, -0.05) is 53.7 Å². The Labute approximate surface area is 160 Å². The monoisotopic (exact) mass is 369 g/mol. The minimum Gasteiger partial charge on any atom is -0.507 e. The average Bonchev–Trinajstić information content (AvgIpc) is 2.54. The third kappa shape index (κ3) is 4.48. The summed E-state index contributed by atoms with van der Waals surface area (Å²) in [6.45, 7) is 11.9. The van der Waals surface area contributed by atoms with E-state index >= 15 is 0 Å². The number of carbonyl (C=O) groups excluding carboxylic acids is 1. The lowest BCUT2D eigenvalue weighted by Gasteiger charge is -2.28. The molecule has 0 aromatic heterocycles. The van der Waals surface area contributed by atoms with Gasteiger partial charge in [0.1, 0.15) is 5.75 Å². The highest BCUT2D eigenvalue weighted by Gasteiger charge is 2.27. The lowest BCUT2D eigenvalue weighted by atomic mass is 9.79. The van der Waals surface area contributed by atoms with E-state index in [9.17, 15) is 19.8 Å². The van der Waals surface area contributed by atoms with Crippen LogP contribution >= 0.6 is 0 Å². The van der Waals surface area contributed by atoms with Gasteiger partial charge in [-0.15, -0.1) is 0 Å². The minimum atomic E-state index is -1.16. The topological polar surface area (TPSA) is 86.6 Å². The number of rotatable bonds is 3. The number of aromatic carboxylic acids is 1. The number of nitrogens with one attached hydrogen (secondary N) is 1. The summed E-state index contributed by atoms with van der Waals surface area (Å²) in [4.78, 5) is 24.1. The van der Waals surface area contributed by atoms with Crippen LogP contribution in [-0.4, -0.2) is 22.1 Å². The molecular weight excluding hydrogens is 342 g/mol. The molecule has 0 atom stereocenters. The zero-order valence-electron chi connectivity index (χ0n) is 16.7. The number of hydrogen-bond donors (Lipinski definition) is 3. The van der Waals surface area contributed by atoms with Gasteiger partial charge in [-0.2, -0.15) is 0 Å². The maximum atomic E-state index is 12.7. The first-order valence-electron chi connectivity index (χ1n) is 8.84. The Bertz CT molecular complexity index is 851. The second-order valence-corrected chi connectivity index (χ2v) is 8.72. The molecule has 0 fully saturated rings. The second-order valence-electron chi connectivity index (χ2n) is 8.72. The van der Waals surface area contributed by atoms with E-state index in [1.165, 1.54) is 12.1 Å². The fraction of sp³-hybridized carbons (Fsp3) is 0.364. The van der Waals surface area contributed by atoms with Gasteiger partial charge in [0.15, 0.2) is 0 Å². The third-order valence-corrected chi connectivity index (χ3v) is 4.39. The lowest BCUT2D eigenvalue weighted by molar-refractivity contribution is 0.0692. The largest absolute Gasteiger partial charge is 0.507 e. The van der Waals surface area contributed by atoms with Crippen LogP contribution in [0.1, 0.15) is 73.4 Å². The van der Waals surface area contributed by atoms with E-state index in [-0.39, 0.29) is 27.7 Å². The molecule has 5 heteroatoms. The molecule has 0 radical (unpaired) electrons. The van der Waals surface area contributed by atoms with Crippen LogP contribution in [0.5, 0.6) is 5.75 Å². The maximum Gasteiger partial charge on any atom is 0.336 e. The van der Waals surface area contributed by atoms with Crippen molar-refractivity contribution in [2.75, 3.05) is 5.32 Å². The van der Waals surface area contributed by atoms with Crippen molar-refractivity contribution in [3.8, 4) is 5.75 Å². The van der Waals surface area contributed by atoms with Gasteiger partial charge in [-0.05, 0) is 35.1 Å². The Kier molecular flexibility index (Phi) is 5.36.